The molecule has 0 amide bonds. The zero-order valence-corrected chi connectivity index (χ0v) is 18.2. The smallest absolute Gasteiger partial charge is 0.141 e. The highest BCUT2D eigenvalue weighted by atomic mass is 32.1. The second-order valence-electron chi connectivity index (χ2n) is 9.41. The topological polar surface area (TPSA) is 41.5 Å². The molecule has 4 heterocycles. The van der Waals surface area contributed by atoms with Crippen LogP contribution in [0, 0.1) is 5.92 Å². The van der Waals surface area contributed by atoms with E-state index in [9.17, 15) is 0 Å². The van der Waals surface area contributed by atoms with Gasteiger partial charge in [0.15, 0.2) is 0 Å². The summed E-state index contributed by atoms with van der Waals surface area (Å²) in [5, 5.41) is 1.42. The van der Waals surface area contributed by atoms with Gasteiger partial charge in [0.25, 0.3) is 0 Å². The minimum absolute atomic E-state index is 0.621. The van der Waals surface area contributed by atoms with Crippen LogP contribution in [0.15, 0.2) is 0 Å². The summed E-state index contributed by atoms with van der Waals surface area (Å²) in [4.78, 5) is 18.3. The van der Waals surface area contributed by atoms with Crippen molar-refractivity contribution in [2.75, 3.05) is 50.8 Å². The number of fused-ring (bicyclic) bond motifs is 3. The zero-order chi connectivity index (χ0) is 19.2. The Balaban J connectivity index is 1.25. The summed E-state index contributed by atoms with van der Waals surface area (Å²) in [6.45, 7) is 7.58. The van der Waals surface area contributed by atoms with E-state index in [1.807, 2.05) is 11.3 Å². The van der Waals surface area contributed by atoms with E-state index >= 15 is 0 Å². The Kier molecular flexibility index (Phi) is 4.97. The molecule has 156 valence electrons. The Labute approximate surface area is 177 Å². The minimum atomic E-state index is 0.621. The number of aryl methyl sites for hydroxylation is 2. The maximum absolute atomic E-state index is 5.51. The van der Waals surface area contributed by atoms with Crippen molar-refractivity contribution in [3.63, 3.8) is 0 Å². The molecular formula is C23H32N4OS. The molecule has 6 rings (SSSR count). The van der Waals surface area contributed by atoms with Gasteiger partial charge in [0.1, 0.15) is 16.5 Å². The zero-order valence-electron chi connectivity index (χ0n) is 17.4. The fourth-order valence-electron chi connectivity index (χ4n) is 5.38. The van der Waals surface area contributed by atoms with E-state index in [2.05, 4.69) is 9.80 Å². The molecule has 5 nitrogen and oxygen atoms in total. The quantitative estimate of drug-likeness (QED) is 0.759. The van der Waals surface area contributed by atoms with E-state index in [-0.39, 0.29) is 0 Å². The Morgan fingerprint density at radius 3 is 2.52 bits per heavy atom. The Hall–Kier alpha value is -1.24. The molecule has 0 spiro atoms. The first-order valence-corrected chi connectivity index (χ1v) is 12.5. The van der Waals surface area contributed by atoms with Crippen LogP contribution in [0.25, 0.3) is 10.2 Å². The van der Waals surface area contributed by atoms with Gasteiger partial charge >= 0.3 is 0 Å². The van der Waals surface area contributed by atoms with E-state index in [1.165, 1.54) is 73.9 Å². The van der Waals surface area contributed by atoms with Crippen LogP contribution in [0.5, 0.6) is 0 Å². The van der Waals surface area contributed by atoms with E-state index < -0.39 is 0 Å². The van der Waals surface area contributed by atoms with Crippen LogP contribution in [-0.2, 0) is 17.6 Å². The largest absolute Gasteiger partial charge is 0.379 e. The second kappa shape index (κ2) is 7.78. The fraction of sp³-hybridized carbons (Fsp3) is 0.739. The van der Waals surface area contributed by atoms with Gasteiger partial charge in [0.2, 0.25) is 0 Å². The van der Waals surface area contributed by atoms with Gasteiger partial charge in [-0.2, -0.15) is 0 Å². The number of thiophene rings is 1. The minimum Gasteiger partial charge on any atom is -0.379 e. The average molecular weight is 413 g/mol. The highest BCUT2D eigenvalue weighted by Gasteiger charge is 2.32. The Bertz CT molecular complexity index is 879. The maximum Gasteiger partial charge on any atom is 0.141 e. The molecule has 2 aromatic heterocycles. The van der Waals surface area contributed by atoms with Gasteiger partial charge in [-0.05, 0) is 62.8 Å². The van der Waals surface area contributed by atoms with E-state index in [0.717, 1.165) is 51.1 Å². The molecule has 2 aromatic rings. The van der Waals surface area contributed by atoms with Crippen LogP contribution >= 0.6 is 11.3 Å². The van der Waals surface area contributed by atoms with Crippen LogP contribution in [0.1, 0.15) is 60.7 Å². The summed E-state index contributed by atoms with van der Waals surface area (Å²) in [6.07, 6.45) is 10.3. The predicted molar refractivity (Wildman–Crippen MR) is 118 cm³/mol. The Morgan fingerprint density at radius 1 is 0.931 bits per heavy atom. The first kappa shape index (κ1) is 18.5. The van der Waals surface area contributed by atoms with E-state index in [0.29, 0.717) is 5.92 Å². The van der Waals surface area contributed by atoms with E-state index in [1.54, 1.807) is 10.4 Å². The number of rotatable bonds is 4. The van der Waals surface area contributed by atoms with Crippen molar-refractivity contribution in [2.45, 2.75) is 57.3 Å². The Morgan fingerprint density at radius 2 is 1.72 bits per heavy atom. The standard InChI is InChI=1S/C23H32N4OS/c1-2-4-19-18(3-1)20-22(24-21(17-5-6-17)25-23(20)29-19)27-9-7-16(8-10-27)15-26-11-13-28-14-12-26/h16-17H,1-15H2. The van der Waals surface area contributed by atoms with Crippen LogP contribution < -0.4 is 4.90 Å². The maximum atomic E-state index is 5.51. The average Bonchev–Trinajstić information content (AvgIpc) is 3.55. The molecular weight excluding hydrogens is 380 g/mol. The highest BCUT2D eigenvalue weighted by molar-refractivity contribution is 7.19. The van der Waals surface area contributed by atoms with Gasteiger partial charge in [-0.25, -0.2) is 9.97 Å². The summed E-state index contributed by atoms with van der Waals surface area (Å²) < 4.78 is 5.51. The van der Waals surface area contributed by atoms with Crippen LogP contribution in [-0.4, -0.2) is 60.8 Å². The van der Waals surface area contributed by atoms with Gasteiger partial charge in [-0.1, -0.05) is 0 Å². The molecule has 0 radical (unpaired) electrons. The lowest BCUT2D eigenvalue weighted by Crippen LogP contribution is -2.43. The van der Waals surface area contributed by atoms with Crippen molar-refractivity contribution in [3.8, 4) is 0 Å². The molecule has 0 aromatic carbocycles. The number of aromatic nitrogens is 2. The number of hydrogen-bond donors (Lipinski definition) is 0. The van der Waals surface area contributed by atoms with Crippen molar-refractivity contribution in [2.24, 2.45) is 5.92 Å². The number of ether oxygens (including phenoxy) is 1. The molecule has 3 fully saturated rings. The van der Waals surface area contributed by atoms with Crippen LogP contribution in [0.3, 0.4) is 0 Å². The first-order valence-electron chi connectivity index (χ1n) is 11.7. The second-order valence-corrected chi connectivity index (χ2v) is 10.5. The highest BCUT2D eigenvalue weighted by Crippen LogP contribution is 2.44. The molecule has 4 aliphatic rings. The van der Waals surface area contributed by atoms with Gasteiger partial charge in [0, 0.05) is 43.5 Å². The van der Waals surface area contributed by atoms with Crippen molar-refractivity contribution in [1.82, 2.24) is 14.9 Å². The van der Waals surface area contributed by atoms with E-state index in [4.69, 9.17) is 14.7 Å². The molecule has 1 saturated carbocycles. The summed E-state index contributed by atoms with van der Waals surface area (Å²) >= 11 is 1.96. The number of morpholine rings is 1. The van der Waals surface area contributed by atoms with Crippen molar-refractivity contribution in [1.29, 1.82) is 0 Å². The lowest BCUT2D eigenvalue weighted by atomic mass is 9.94. The van der Waals surface area contributed by atoms with Crippen LogP contribution in [0.4, 0.5) is 5.82 Å². The van der Waals surface area contributed by atoms with Crippen LogP contribution in [0.2, 0.25) is 0 Å². The predicted octanol–water partition coefficient (Wildman–Crippen LogP) is 4.00. The van der Waals surface area contributed by atoms with Gasteiger partial charge in [-0.3, -0.25) is 4.90 Å². The van der Waals surface area contributed by atoms with Gasteiger partial charge < -0.3 is 9.64 Å². The number of hydrogen-bond acceptors (Lipinski definition) is 6. The molecule has 2 saturated heterocycles. The number of piperidine rings is 1. The molecule has 2 aliphatic carbocycles. The molecule has 0 atom stereocenters. The molecule has 29 heavy (non-hydrogen) atoms. The van der Waals surface area contributed by atoms with Crippen molar-refractivity contribution >= 4 is 27.4 Å². The summed E-state index contributed by atoms with van der Waals surface area (Å²) in [5.74, 6) is 3.85. The van der Waals surface area contributed by atoms with Crippen molar-refractivity contribution in [3.05, 3.63) is 16.3 Å². The number of nitrogens with zero attached hydrogens (tertiary/aromatic N) is 4. The lowest BCUT2D eigenvalue weighted by molar-refractivity contribution is 0.0289. The first-order chi connectivity index (χ1) is 14.3. The summed E-state index contributed by atoms with van der Waals surface area (Å²) in [6, 6.07) is 0. The third kappa shape index (κ3) is 3.68. The van der Waals surface area contributed by atoms with Crippen molar-refractivity contribution < 1.29 is 4.74 Å². The number of anilines is 1. The SMILES string of the molecule is C1CCc2c(sc3nc(C4CC4)nc(N4CCC(CN5CCOCC5)CC4)c23)C1. The molecule has 0 bridgehead atoms. The third-order valence-electron chi connectivity index (χ3n) is 7.29. The molecule has 2 aliphatic heterocycles. The normalized spacial score (nSPS) is 24.2. The lowest BCUT2D eigenvalue weighted by Gasteiger charge is -2.37. The summed E-state index contributed by atoms with van der Waals surface area (Å²) in [7, 11) is 0. The summed E-state index contributed by atoms with van der Waals surface area (Å²) in [5.41, 5.74) is 1.59. The fourth-order valence-corrected chi connectivity index (χ4v) is 6.65. The monoisotopic (exact) mass is 412 g/mol. The molecule has 0 unspecified atom stereocenters. The van der Waals surface area contributed by atoms with Gasteiger partial charge in [-0.15, -0.1) is 11.3 Å². The molecule has 6 heteroatoms. The van der Waals surface area contributed by atoms with Gasteiger partial charge in [0.05, 0.1) is 18.6 Å². The molecule has 0 N–H and O–H groups in total. The third-order valence-corrected chi connectivity index (χ3v) is 8.48.